The molecule has 178 valence electrons. The quantitative estimate of drug-likeness (QED) is 0.450. The first-order valence-electron chi connectivity index (χ1n) is 11.8. The zero-order chi connectivity index (χ0) is 23.8. The van der Waals surface area contributed by atoms with Gasteiger partial charge in [-0.1, -0.05) is 55.5 Å². The van der Waals surface area contributed by atoms with E-state index in [-0.39, 0.29) is 18.6 Å². The molecule has 0 aromatic heterocycles. The van der Waals surface area contributed by atoms with Gasteiger partial charge in [0.05, 0.1) is 5.56 Å². The lowest BCUT2D eigenvalue weighted by Crippen LogP contribution is -2.37. The van der Waals surface area contributed by atoms with Crippen molar-refractivity contribution in [3.8, 4) is 17.2 Å². The van der Waals surface area contributed by atoms with E-state index < -0.39 is 0 Å². The molecule has 0 aliphatic carbocycles. The Morgan fingerprint density at radius 2 is 1.76 bits per heavy atom. The van der Waals surface area contributed by atoms with Crippen molar-refractivity contribution in [2.24, 2.45) is 11.7 Å². The molecule has 0 spiro atoms. The summed E-state index contributed by atoms with van der Waals surface area (Å²) in [7, 11) is 0. The Balaban J connectivity index is 1.44. The van der Waals surface area contributed by atoms with E-state index in [1.54, 1.807) is 0 Å². The maximum Gasteiger partial charge on any atom is 0.257 e. The summed E-state index contributed by atoms with van der Waals surface area (Å²) in [5.74, 6) is 2.38. The van der Waals surface area contributed by atoms with Crippen molar-refractivity contribution < 1.29 is 19.0 Å². The summed E-state index contributed by atoms with van der Waals surface area (Å²) in [6.07, 6.45) is 1.57. The smallest absolute Gasteiger partial charge is 0.257 e. The molecule has 6 heteroatoms. The lowest BCUT2D eigenvalue weighted by molar-refractivity contribution is 0.0726. The van der Waals surface area contributed by atoms with Crippen LogP contribution in [0.5, 0.6) is 17.2 Å². The third-order valence-corrected chi connectivity index (χ3v) is 5.83. The fraction of sp³-hybridized carbons (Fsp3) is 0.321. The second-order valence-electron chi connectivity index (χ2n) is 8.66. The fourth-order valence-electron chi connectivity index (χ4n) is 4.14. The van der Waals surface area contributed by atoms with Crippen molar-refractivity contribution in [1.29, 1.82) is 0 Å². The highest BCUT2D eigenvalue weighted by Crippen LogP contribution is 2.33. The molecule has 1 amide bonds. The summed E-state index contributed by atoms with van der Waals surface area (Å²) in [6.45, 7) is 4.60. The Morgan fingerprint density at radius 3 is 2.59 bits per heavy atom. The third-order valence-electron chi connectivity index (χ3n) is 5.83. The molecule has 0 bridgehead atoms. The van der Waals surface area contributed by atoms with Gasteiger partial charge in [0.2, 0.25) is 6.79 Å². The Labute approximate surface area is 201 Å². The minimum atomic E-state index is -0.0327. The van der Waals surface area contributed by atoms with Gasteiger partial charge in [-0.2, -0.15) is 0 Å². The van der Waals surface area contributed by atoms with Gasteiger partial charge in [0, 0.05) is 13.1 Å². The summed E-state index contributed by atoms with van der Waals surface area (Å²) in [4.78, 5) is 15.5. The SMILES string of the molecule is CC(Cc1ccc2c(c1)OCO2)CN(CCCN)C(=O)c1ccccc1OCc1ccccc1. The van der Waals surface area contributed by atoms with E-state index in [0.717, 1.165) is 35.5 Å². The van der Waals surface area contributed by atoms with Crippen LogP contribution >= 0.6 is 0 Å². The van der Waals surface area contributed by atoms with Gasteiger partial charge in [0.1, 0.15) is 12.4 Å². The number of hydrogen-bond donors (Lipinski definition) is 1. The highest BCUT2D eigenvalue weighted by Gasteiger charge is 2.22. The molecule has 4 rings (SSSR count). The number of carbonyl (C=O) groups is 1. The molecule has 0 saturated heterocycles. The molecule has 0 saturated carbocycles. The van der Waals surface area contributed by atoms with Crippen LogP contribution in [0.2, 0.25) is 0 Å². The Kier molecular flexibility index (Phi) is 8.04. The number of nitrogens with zero attached hydrogens (tertiary/aromatic N) is 1. The number of hydrogen-bond acceptors (Lipinski definition) is 5. The molecule has 1 aliphatic heterocycles. The van der Waals surface area contributed by atoms with Crippen molar-refractivity contribution in [2.75, 3.05) is 26.4 Å². The van der Waals surface area contributed by atoms with E-state index in [1.807, 2.05) is 71.6 Å². The van der Waals surface area contributed by atoms with Crippen LogP contribution in [0.1, 0.15) is 34.8 Å². The molecule has 0 radical (unpaired) electrons. The van der Waals surface area contributed by atoms with Crippen LogP contribution in [-0.2, 0) is 13.0 Å². The molecule has 3 aromatic carbocycles. The van der Waals surface area contributed by atoms with Crippen LogP contribution in [0.4, 0.5) is 0 Å². The van der Waals surface area contributed by atoms with Crippen LogP contribution in [0.25, 0.3) is 0 Å². The minimum absolute atomic E-state index is 0.0327. The van der Waals surface area contributed by atoms with Gasteiger partial charge in [0.15, 0.2) is 11.5 Å². The number of rotatable bonds is 11. The average molecular weight is 461 g/mol. The monoisotopic (exact) mass is 460 g/mol. The van der Waals surface area contributed by atoms with Gasteiger partial charge in [-0.3, -0.25) is 4.79 Å². The van der Waals surface area contributed by atoms with E-state index >= 15 is 0 Å². The molecule has 3 aromatic rings. The van der Waals surface area contributed by atoms with Gasteiger partial charge in [0.25, 0.3) is 5.91 Å². The third kappa shape index (κ3) is 6.08. The number of para-hydroxylation sites is 1. The van der Waals surface area contributed by atoms with E-state index in [1.165, 1.54) is 0 Å². The van der Waals surface area contributed by atoms with Crippen LogP contribution in [0.15, 0.2) is 72.8 Å². The summed E-state index contributed by atoms with van der Waals surface area (Å²) in [6, 6.07) is 23.4. The molecule has 1 heterocycles. The van der Waals surface area contributed by atoms with Crippen LogP contribution in [0.3, 0.4) is 0 Å². The largest absolute Gasteiger partial charge is 0.488 e. The normalized spacial score (nSPS) is 12.9. The van der Waals surface area contributed by atoms with E-state index in [9.17, 15) is 4.79 Å². The first-order chi connectivity index (χ1) is 16.6. The lowest BCUT2D eigenvalue weighted by atomic mass is 9.99. The minimum Gasteiger partial charge on any atom is -0.488 e. The number of nitrogens with two attached hydrogens (primary N) is 1. The molecule has 1 atom stereocenters. The van der Waals surface area contributed by atoms with E-state index in [4.69, 9.17) is 19.9 Å². The number of fused-ring (bicyclic) bond motifs is 1. The Bertz CT molecular complexity index is 1090. The molecule has 1 aliphatic rings. The molecular weight excluding hydrogens is 428 g/mol. The van der Waals surface area contributed by atoms with E-state index in [2.05, 4.69) is 13.0 Å². The first kappa shape index (κ1) is 23.6. The highest BCUT2D eigenvalue weighted by molar-refractivity contribution is 5.97. The van der Waals surface area contributed by atoms with Crippen LogP contribution in [0, 0.1) is 5.92 Å². The van der Waals surface area contributed by atoms with Crippen LogP contribution < -0.4 is 19.9 Å². The molecule has 34 heavy (non-hydrogen) atoms. The summed E-state index contributed by atoms with van der Waals surface area (Å²) in [5.41, 5.74) is 8.57. The molecular formula is C28H32N2O4. The molecule has 6 nitrogen and oxygen atoms in total. The maximum atomic E-state index is 13.6. The predicted molar refractivity (Wildman–Crippen MR) is 132 cm³/mol. The average Bonchev–Trinajstić information content (AvgIpc) is 3.33. The van der Waals surface area contributed by atoms with Crippen molar-refractivity contribution in [2.45, 2.75) is 26.4 Å². The Morgan fingerprint density at radius 1 is 1.00 bits per heavy atom. The van der Waals surface area contributed by atoms with Gasteiger partial charge in [-0.15, -0.1) is 0 Å². The second kappa shape index (κ2) is 11.6. The van der Waals surface area contributed by atoms with Crippen molar-refractivity contribution in [3.63, 3.8) is 0 Å². The van der Waals surface area contributed by atoms with Crippen molar-refractivity contribution in [3.05, 3.63) is 89.5 Å². The fourth-order valence-corrected chi connectivity index (χ4v) is 4.14. The van der Waals surface area contributed by atoms with Crippen molar-refractivity contribution in [1.82, 2.24) is 4.90 Å². The standard InChI is InChI=1S/C28H32N2O4/c1-21(16-23-12-13-26-27(17-23)34-20-33-26)18-30(15-7-14-29)28(31)24-10-5-6-11-25(24)32-19-22-8-3-2-4-9-22/h2-6,8-13,17,21H,7,14-16,18-20,29H2,1H3. The van der Waals surface area contributed by atoms with Gasteiger partial charge >= 0.3 is 0 Å². The van der Waals surface area contributed by atoms with E-state index in [0.29, 0.717) is 37.6 Å². The number of carbonyl (C=O) groups excluding carboxylic acids is 1. The summed E-state index contributed by atoms with van der Waals surface area (Å²) in [5, 5.41) is 0. The molecule has 0 fully saturated rings. The van der Waals surface area contributed by atoms with Gasteiger partial charge < -0.3 is 24.8 Å². The summed E-state index contributed by atoms with van der Waals surface area (Å²) >= 11 is 0. The lowest BCUT2D eigenvalue weighted by Gasteiger charge is -2.27. The highest BCUT2D eigenvalue weighted by atomic mass is 16.7. The zero-order valence-corrected chi connectivity index (χ0v) is 19.6. The topological polar surface area (TPSA) is 74.0 Å². The number of ether oxygens (including phenoxy) is 3. The first-order valence-corrected chi connectivity index (χ1v) is 11.8. The van der Waals surface area contributed by atoms with Gasteiger partial charge in [-0.25, -0.2) is 0 Å². The van der Waals surface area contributed by atoms with Crippen LogP contribution in [-0.4, -0.2) is 37.2 Å². The zero-order valence-electron chi connectivity index (χ0n) is 19.6. The summed E-state index contributed by atoms with van der Waals surface area (Å²) < 4.78 is 17.0. The second-order valence-corrected chi connectivity index (χ2v) is 8.66. The van der Waals surface area contributed by atoms with Crippen molar-refractivity contribution >= 4 is 5.91 Å². The molecule has 2 N–H and O–H groups in total. The number of benzene rings is 3. The maximum absolute atomic E-state index is 13.6. The Hall–Kier alpha value is -3.51. The molecule has 1 unspecified atom stereocenters. The predicted octanol–water partition coefficient (Wildman–Crippen LogP) is 4.66. The number of amides is 1. The van der Waals surface area contributed by atoms with Gasteiger partial charge in [-0.05, 0) is 60.7 Å².